The second-order valence-electron chi connectivity index (χ2n) is 7.75. The molecule has 0 fully saturated rings. The van der Waals surface area contributed by atoms with E-state index in [9.17, 15) is 0 Å². The van der Waals surface area contributed by atoms with Crippen molar-refractivity contribution in [1.82, 2.24) is 29.8 Å². The van der Waals surface area contributed by atoms with Gasteiger partial charge < -0.3 is 10.7 Å². The van der Waals surface area contributed by atoms with Gasteiger partial charge in [0.2, 0.25) is 0 Å². The number of rotatable bonds is 12. The zero-order valence-corrected chi connectivity index (χ0v) is 18.6. The third-order valence-electron chi connectivity index (χ3n) is 4.84. The van der Waals surface area contributed by atoms with Crippen LogP contribution in [0, 0.1) is 0 Å². The summed E-state index contributed by atoms with van der Waals surface area (Å²) in [5, 5.41) is 1.47. The molecule has 0 aliphatic carbocycles. The summed E-state index contributed by atoms with van der Waals surface area (Å²) >= 11 is 0. The average Bonchev–Trinajstić information content (AvgIpc) is 2.79. The molecule has 8 nitrogen and oxygen atoms in total. The largest absolute Gasteiger partial charge is 0.400 e. The molecule has 0 aliphatic heterocycles. The number of nitrogens with two attached hydrogens (primary N) is 2. The maximum absolute atomic E-state index is 6.23. The lowest BCUT2D eigenvalue weighted by molar-refractivity contribution is 0.191. The van der Waals surface area contributed by atoms with E-state index >= 15 is 0 Å². The first-order valence-corrected chi connectivity index (χ1v) is 10.7. The van der Waals surface area contributed by atoms with Gasteiger partial charge in [-0.05, 0) is 36.4 Å². The molecule has 0 amide bonds. The first kappa shape index (κ1) is 23.3. The molecule has 0 saturated heterocycles. The van der Waals surface area contributed by atoms with E-state index in [0.29, 0.717) is 18.8 Å². The van der Waals surface area contributed by atoms with Gasteiger partial charge in [0.05, 0.1) is 17.1 Å². The van der Waals surface area contributed by atoms with Crippen LogP contribution in [0.3, 0.4) is 0 Å². The van der Waals surface area contributed by atoms with Crippen molar-refractivity contribution in [2.45, 2.75) is 19.6 Å². The highest BCUT2D eigenvalue weighted by Crippen LogP contribution is 2.09. The molecule has 0 aliphatic rings. The second kappa shape index (κ2) is 12.5. The Morgan fingerprint density at radius 3 is 1.59 bits per heavy atom. The molecule has 32 heavy (non-hydrogen) atoms. The fourth-order valence-electron chi connectivity index (χ4n) is 3.43. The molecule has 3 aromatic rings. The lowest BCUT2D eigenvalue weighted by Gasteiger charge is -2.27. The molecule has 168 valence electrons. The summed E-state index contributed by atoms with van der Waals surface area (Å²) in [5.41, 5.74) is 9.99. The SMILES string of the molecule is CN(N)/C=C(\N)CN(CCN(Cc1ccccn1)Cc1ccccn1)Cc1ccccn1. The van der Waals surface area contributed by atoms with Crippen LogP contribution in [-0.2, 0) is 19.6 Å². The van der Waals surface area contributed by atoms with Gasteiger partial charge in [-0.2, -0.15) is 0 Å². The Labute approximate surface area is 190 Å². The highest BCUT2D eigenvalue weighted by Gasteiger charge is 2.14. The molecule has 0 bridgehead atoms. The molecule has 0 spiro atoms. The summed E-state index contributed by atoms with van der Waals surface area (Å²) in [5.74, 6) is 5.74. The van der Waals surface area contributed by atoms with Crippen molar-refractivity contribution in [2.24, 2.45) is 11.6 Å². The van der Waals surface area contributed by atoms with Gasteiger partial charge in [0.25, 0.3) is 0 Å². The van der Waals surface area contributed by atoms with Gasteiger partial charge in [-0.3, -0.25) is 24.8 Å². The number of pyridine rings is 3. The van der Waals surface area contributed by atoms with Crippen molar-refractivity contribution < 1.29 is 0 Å². The summed E-state index contributed by atoms with van der Waals surface area (Å²) in [6, 6.07) is 18.0. The Morgan fingerprint density at radius 1 is 0.750 bits per heavy atom. The van der Waals surface area contributed by atoms with Crippen LogP contribution in [0.15, 0.2) is 85.1 Å². The molecule has 4 N–H and O–H groups in total. The van der Waals surface area contributed by atoms with E-state index in [0.717, 1.165) is 43.3 Å². The average molecular weight is 433 g/mol. The zero-order valence-electron chi connectivity index (χ0n) is 18.6. The molecule has 3 heterocycles. The Morgan fingerprint density at radius 2 is 1.19 bits per heavy atom. The lowest BCUT2D eigenvalue weighted by atomic mass is 10.2. The molecule has 0 radical (unpaired) electrons. The molecule has 0 atom stereocenters. The van der Waals surface area contributed by atoms with Crippen molar-refractivity contribution in [2.75, 3.05) is 26.7 Å². The first-order chi connectivity index (χ1) is 15.6. The third kappa shape index (κ3) is 8.43. The minimum atomic E-state index is 0.596. The maximum Gasteiger partial charge on any atom is 0.0544 e. The number of hydrogen-bond acceptors (Lipinski definition) is 8. The molecule has 8 heteroatoms. The van der Waals surface area contributed by atoms with Crippen LogP contribution in [0.5, 0.6) is 0 Å². The minimum Gasteiger partial charge on any atom is -0.400 e. The molecular weight excluding hydrogens is 400 g/mol. The van der Waals surface area contributed by atoms with Gasteiger partial charge in [-0.25, -0.2) is 5.84 Å². The van der Waals surface area contributed by atoms with E-state index in [1.807, 2.05) is 61.1 Å². The van der Waals surface area contributed by atoms with E-state index in [-0.39, 0.29) is 0 Å². The Hall–Kier alpha value is -3.33. The smallest absolute Gasteiger partial charge is 0.0544 e. The quantitative estimate of drug-likeness (QED) is 0.331. The number of hydrazine groups is 1. The monoisotopic (exact) mass is 432 g/mol. The predicted molar refractivity (Wildman–Crippen MR) is 126 cm³/mol. The van der Waals surface area contributed by atoms with Crippen LogP contribution >= 0.6 is 0 Å². The number of hydrogen-bond donors (Lipinski definition) is 2. The summed E-state index contributed by atoms with van der Waals surface area (Å²) in [6.07, 6.45) is 7.22. The van der Waals surface area contributed by atoms with Gasteiger partial charge in [0.1, 0.15) is 0 Å². The second-order valence-corrected chi connectivity index (χ2v) is 7.75. The van der Waals surface area contributed by atoms with Crippen LogP contribution in [-0.4, -0.2) is 56.4 Å². The van der Waals surface area contributed by atoms with Crippen LogP contribution in [0.2, 0.25) is 0 Å². The van der Waals surface area contributed by atoms with Gasteiger partial charge in [-0.1, -0.05) is 18.2 Å². The van der Waals surface area contributed by atoms with Gasteiger partial charge in [-0.15, -0.1) is 0 Å². The number of nitrogens with zero attached hydrogens (tertiary/aromatic N) is 6. The van der Waals surface area contributed by atoms with Gasteiger partial charge >= 0.3 is 0 Å². The molecular formula is C24H32N8. The molecule has 3 aromatic heterocycles. The topological polar surface area (TPSA) is 100 Å². The zero-order chi connectivity index (χ0) is 22.6. The van der Waals surface area contributed by atoms with Crippen LogP contribution in [0.4, 0.5) is 0 Å². The lowest BCUT2D eigenvalue weighted by Crippen LogP contribution is -2.37. The van der Waals surface area contributed by atoms with Crippen molar-refractivity contribution >= 4 is 0 Å². The minimum absolute atomic E-state index is 0.596. The molecule has 0 unspecified atom stereocenters. The van der Waals surface area contributed by atoms with E-state index in [4.69, 9.17) is 11.6 Å². The fraction of sp³-hybridized carbons (Fsp3) is 0.292. The van der Waals surface area contributed by atoms with Gasteiger partial charge in [0, 0.05) is 76.8 Å². The maximum atomic E-state index is 6.23. The van der Waals surface area contributed by atoms with E-state index in [1.165, 1.54) is 5.01 Å². The van der Waals surface area contributed by atoms with Gasteiger partial charge in [0.15, 0.2) is 0 Å². The predicted octanol–water partition coefficient (Wildman–Crippen LogP) is 1.98. The highest BCUT2D eigenvalue weighted by molar-refractivity contribution is 5.07. The van der Waals surface area contributed by atoms with Crippen molar-refractivity contribution in [3.05, 3.63) is 102 Å². The van der Waals surface area contributed by atoms with Crippen molar-refractivity contribution in [3.8, 4) is 0 Å². The van der Waals surface area contributed by atoms with Crippen LogP contribution < -0.4 is 11.6 Å². The summed E-state index contributed by atoms with van der Waals surface area (Å²) < 4.78 is 0. The Bertz CT molecular complexity index is 890. The van der Waals surface area contributed by atoms with E-state index < -0.39 is 0 Å². The molecule has 0 aromatic carbocycles. The highest BCUT2D eigenvalue weighted by atomic mass is 15.4. The first-order valence-electron chi connectivity index (χ1n) is 10.7. The molecule has 3 rings (SSSR count). The van der Waals surface area contributed by atoms with E-state index in [2.05, 4.69) is 36.9 Å². The summed E-state index contributed by atoms with van der Waals surface area (Å²) in [6.45, 7) is 4.41. The third-order valence-corrected chi connectivity index (χ3v) is 4.84. The van der Waals surface area contributed by atoms with Crippen LogP contribution in [0.25, 0.3) is 0 Å². The summed E-state index contributed by atoms with van der Waals surface area (Å²) in [4.78, 5) is 18.1. The van der Waals surface area contributed by atoms with Crippen LogP contribution in [0.1, 0.15) is 17.1 Å². The number of aromatic nitrogens is 3. The standard InChI is InChI=1S/C24H32N8/c1-30(26)16-21(25)17-31(18-22-8-2-5-11-27-22)14-15-32(19-23-9-3-6-12-28-23)20-24-10-4-7-13-29-24/h2-13,16H,14-15,17-20,25-26H2,1H3/b21-16-. The van der Waals surface area contributed by atoms with Crippen molar-refractivity contribution in [3.63, 3.8) is 0 Å². The fourth-order valence-corrected chi connectivity index (χ4v) is 3.43. The summed E-state index contributed by atoms with van der Waals surface area (Å²) in [7, 11) is 1.76. The molecule has 0 saturated carbocycles. The normalized spacial score (nSPS) is 11.8. The van der Waals surface area contributed by atoms with E-state index in [1.54, 1.807) is 13.2 Å². The van der Waals surface area contributed by atoms with Crippen molar-refractivity contribution in [1.29, 1.82) is 0 Å². The Kier molecular flexibility index (Phi) is 9.12. The Balaban J connectivity index is 1.71.